The van der Waals surface area contributed by atoms with Crippen LogP contribution in [0.2, 0.25) is 0 Å². The first-order valence-corrected chi connectivity index (χ1v) is 6.38. The van der Waals surface area contributed by atoms with Gasteiger partial charge in [-0.05, 0) is 18.6 Å². The first-order valence-electron chi connectivity index (χ1n) is 6.38. The quantitative estimate of drug-likeness (QED) is 0.857. The molecule has 1 aliphatic heterocycles. The fourth-order valence-corrected chi connectivity index (χ4v) is 2.25. The maximum absolute atomic E-state index is 11.6. The number of carbonyl (C=O) groups is 1. The van der Waals surface area contributed by atoms with Gasteiger partial charge in [0, 0.05) is 38.3 Å². The van der Waals surface area contributed by atoms with Gasteiger partial charge >= 0.3 is 0 Å². The van der Waals surface area contributed by atoms with Gasteiger partial charge in [0.1, 0.15) is 0 Å². The largest absolute Gasteiger partial charge is 0.384 e. The third-order valence-electron chi connectivity index (χ3n) is 3.21. The lowest BCUT2D eigenvalue weighted by Gasteiger charge is -2.18. The summed E-state index contributed by atoms with van der Waals surface area (Å²) in [5.74, 6) is 0.0803. The molecule has 0 aromatic heterocycles. The number of ether oxygens (including phenoxy) is 1. The summed E-state index contributed by atoms with van der Waals surface area (Å²) < 4.78 is 4.90. The van der Waals surface area contributed by atoms with Crippen molar-refractivity contribution in [3.05, 3.63) is 30.3 Å². The summed E-state index contributed by atoms with van der Waals surface area (Å²) >= 11 is 0. The predicted molar refractivity (Wildman–Crippen MR) is 71.7 cm³/mol. The van der Waals surface area contributed by atoms with Crippen LogP contribution in [0.5, 0.6) is 0 Å². The van der Waals surface area contributed by atoms with Crippen molar-refractivity contribution in [2.24, 2.45) is 0 Å². The number of hydrogen-bond acceptors (Lipinski definition) is 3. The Balaban J connectivity index is 1.80. The number of rotatable bonds is 5. The Labute approximate surface area is 108 Å². The van der Waals surface area contributed by atoms with Gasteiger partial charge in [-0.15, -0.1) is 0 Å². The summed E-state index contributed by atoms with van der Waals surface area (Å²) in [4.78, 5) is 13.9. The molecular formula is C14H20N2O2. The van der Waals surface area contributed by atoms with Crippen LogP contribution in [-0.2, 0) is 9.53 Å². The fraction of sp³-hybridized carbons (Fsp3) is 0.500. The highest BCUT2D eigenvalue weighted by atomic mass is 16.5. The molecule has 0 spiro atoms. The van der Waals surface area contributed by atoms with Crippen molar-refractivity contribution in [3.8, 4) is 0 Å². The molecule has 98 valence electrons. The zero-order chi connectivity index (χ0) is 12.8. The molecule has 0 radical (unpaired) electrons. The minimum atomic E-state index is 0.0803. The number of amides is 1. The lowest BCUT2D eigenvalue weighted by Crippen LogP contribution is -2.37. The molecule has 1 saturated heterocycles. The van der Waals surface area contributed by atoms with E-state index in [4.69, 9.17) is 4.74 Å². The fourth-order valence-electron chi connectivity index (χ4n) is 2.25. The van der Waals surface area contributed by atoms with Crippen molar-refractivity contribution in [2.45, 2.75) is 18.9 Å². The monoisotopic (exact) mass is 248 g/mol. The van der Waals surface area contributed by atoms with Crippen LogP contribution in [0.25, 0.3) is 0 Å². The first-order chi connectivity index (χ1) is 8.79. The molecule has 18 heavy (non-hydrogen) atoms. The average molecular weight is 248 g/mol. The van der Waals surface area contributed by atoms with Crippen LogP contribution in [0.15, 0.2) is 30.3 Å². The van der Waals surface area contributed by atoms with Gasteiger partial charge in [-0.25, -0.2) is 0 Å². The SMILES string of the molecule is COCCC(=O)NC1CCN(c2ccccc2)C1. The number of nitrogens with one attached hydrogen (secondary N) is 1. The molecule has 0 saturated carbocycles. The lowest BCUT2D eigenvalue weighted by atomic mass is 10.2. The van der Waals surface area contributed by atoms with Crippen LogP contribution in [0.4, 0.5) is 5.69 Å². The second-order valence-corrected chi connectivity index (χ2v) is 4.58. The summed E-state index contributed by atoms with van der Waals surface area (Å²) in [5.41, 5.74) is 1.23. The average Bonchev–Trinajstić information content (AvgIpc) is 2.86. The maximum Gasteiger partial charge on any atom is 0.222 e. The normalized spacial score (nSPS) is 18.9. The number of para-hydroxylation sites is 1. The van der Waals surface area contributed by atoms with Gasteiger partial charge in [-0.3, -0.25) is 4.79 Å². The van der Waals surface area contributed by atoms with E-state index < -0.39 is 0 Å². The lowest BCUT2D eigenvalue weighted by molar-refractivity contribution is -0.122. The summed E-state index contributed by atoms with van der Waals surface area (Å²) in [7, 11) is 1.61. The Morgan fingerprint density at radius 3 is 2.94 bits per heavy atom. The Morgan fingerprint density at radius 1 is 1.44 bits per heavy atom. The molecule has 0 bridgehead atoms. The molecule has 1 atom stereocenters. The number of anilines is 1. The molecule has 0 aliphatic carbocycles. The molecular weight excluding hydrogens is 228 g/mol. The highest BCUT2D eigenvalue weighted by molar-refractivity contribution is 5.76. The molecule has 1 N–H and O–H groups in total. The molecule has 1 aromatic carbocycles. The number of benzene rings is 1. The molecule has 1 fully saturated rings. The van der Waals surface area contributed by atoms with Gasteiger partial charge in [-0.2, -0.15) is 0 Å². The first kappa shape index (κ1) is 12.9. The minimum absolute atomic E-state index is 0.0803. The summed E-state index contributed by atoms with van der Waals surface area (Å²) in [6.07, 6.45) is 1.45. The zero-order valence-corrected chi connectivity index (χ0v) is 10.8. The van der Waals surface area contributed by atoms with E-state index in [0.717, 1.165) is 19.5 Å². The number of nitrogens with zero attached hydrogens (tertiary/aromatic N) is 1. The van der Waals surface area contributed by atoms with Crippen LogP contribution in [-0.4, -0.2) is 38.8 Å². The minimum Gasteiger partial charge on any atom is -0.384 e. The van der Waals surface area contributed by atoms with E-state index in [0.29, 0.717) is 13.0 Å². The topological polar surface area (TPSA) is 41.6 Å². The van der Waals surface area contributed by atoms with E-state index in [-0.39, 0.29) is 11.9 Å². The highest BCUT2D eigenvalue weighted by Crippen LogP contribution is 2.19. The van der Waals surface area contributed by atoms with E-state index >= 15 is 0 Å². The Kier molecular flexibility index (Phi) is 4.59. The van der Waals surface area contributed by atoms with Crippen LogP contribution in [0.1, 0.15) is 12.8 Å². The van der Waals surface area contributed by atoms with Gasteiger partial charge in [0.2, 0.25) is 5.91 Å². The molecule has 1 aliphatic rings. The van der Waals surface area contributed by atoms with Crippen molar-refractivity contribution in [3.63, 3.8) is 0 Å². The van der Waals surface area contributed by atoms with E-state index in [2.05, 4.69) is 22.3 Å². The standard InChI is InChI=1S/C14H20N2O2/c1-18-10-8-14(17)15-12-7-9-16(11-12)13-5-3-2-4-6-13/h2-6,12H,7-11H2,1H3,(H,15,17). The third kappa shape index (κ3) is 3.47. The number of carbonyl (C=O) groups excluding carboxylic acids is 1. The van der Waals surface area contributed by atoms with Crippen molar-refractivity contribution < 1.29 is 9.53 Å². The Hall–Kier alpha value is -1.55. The van der Waals surface area contributed by atoms with Crippen LogP contribution in [0.3, 0.4) is 0 Å². The Bertz CT molecular complexity index is 381. The molecule has 1 unspecified atom stereocenters. The van der Waals surface area contributed by atoms with E-state index in [1.807, 2.05) is 18.2 Å². The highest BCUT2D eigenvalue weighted by Gasteiger charge is 2.23. The molecule has 1 aromatic rings. The van der Waals surface area contributed by atoms with Gasteiger partial charge in [0.25, 0.3) is 0 Å². The van der Waals surface area contributed by atoms with Crippen LogP contribution in [0, 0.1) is 0 Å². The second kappa shape index (κ2) is 6.40. The smallest absolute Gasteiger partial charge is 0.222 e. The molecule has 1 heterocycles. The molecule has 1 amide bonds. The zero-order valence-electron chi connectivity index (χ0n) is 10.8. The van der Waals surface area contributed by atoms with Crippen molar-refractivity contribution in [1.82, 2.24) is 5.32 Å². The molecule has 2 rings (SSSR count). The summed E-state index contributed by atoms with van der Waals surface area (Å²) in [5, 5.41) is 3.05. The molecule has 4 heteroatoms. The van der Waals surface area contributed by atoms with Crippen molar-refractivity contribution >= 4 is 11.6 Å². The van der Waals surface area contributed by atoms with Gasteiger partial charge in [0.05, 0.1) is 6.61 Å². The van der Waals surface area contributed by atoms with Crippen LogP contribution >= 0.6 is 0 Å². The molecule has 4 nitrogen and oxygen atoms in total. The van der Waals surface area contributed by atoms with E-state index in [9.17, 15) is 4.79 Å². The van der Waals surface area contributed by atoms with Gasteiger partial charge < -0.3 is 15.0 Å². The number of methoxy groups -OCH3 is 1. The maximum atomic E-state index is 11.6. The van der Waals surface area contributed by atoms with Crippen molar-refractivity contribution in [2.75, 3.05) is 31.7 Å². The van der Waals surface area contributed by atoms with E-state index in [1.54, 1.807) is 7.11 Å². The van der Waals surface area contributed by atoms with Crippen molar-refractivity contribution in [1.29, 1.82) is 0 Å². The van der Waals surface area contributed by atoms with Gasteiger partial charge in [-0.1, -0.05) is 18.2 Å². The Morgan fingerprint density at radius 2 is 2.22 bits per heavy atom. The van der Waals surface area contributed by atoms with Gasteiger partial charge in [0.15, 0.2) is 0 Å². The summed E-state index contributed by atoms with van der Waals surface area (Å²) in [6, 6.07) is 10.6. The third-order valence-corrected chi connectivity index (χ3v) is 3.21. The predicted octanol–water partition coefficient (Wildman–Crippen LogP) is 1.42. The van der Waals surface area contributed by atoms with E-state index in [1.165, 1.54) is 5.69 Å². The number of hydrogen-bond donors (Lipinski definition) is 1. The summed E-state index contributed by atoms with van der Waals surface area (Å²) in [6.45, 7) is 2.38. The van der Waals surface area contributed by atoms with Crippen LogP contribution < -0.4 is 10.2 Å². The second-order valence-electron chi connectivity index (χ2n) is 4.58.